The fourth-order valence-corrected chi connectivity index (χ4v) is 5.51. The first kappa shape index (κ1) is 17.1. The van der Waals surface area contributed by atoms with E-state index < -0.39 is 27.5 Å². The summed E-state index contributed by atoms with van der Waals surface area (Å²) < 4.78 is 27.5. The molecule has 2 aliphatic rings. The Hall–Kier alpha value is -1.71. The molecule has 0 bridgehead atoms. The number of amides is 1. The fourth-order valence-electron chi connectivity index (χ4n) is 3.60. The minimum absolute atomic E-state index is 0.111. The first-order chi connectivity index (χ1) is 11.3. The molecule has 1 aromatic rings. The molecule has 132 valence electrons. The van der Waals surface area contributed by atoms with E-state index in [-0.39, 0.29) is 16.9 Å². The van der Waals surface area contributed by atoms with Crippen molar-refractivity contribution >= 4 is 15.9 Å². The van der Waals surface area contributed by atoms with Crippen LogP contribution >= 0.6 is 0 Å². The predicted octanol–water partition coefficient (Wildman–Crippen LogP) is -1.12. The molecule has 3 heterocycles. The van der Waals surface area contributed by atoms with Gasteiger partial charge in [0.05, 0.1) is 17.3 Å². The summed E-state index contributed by atoms with van der Waals surface area (Å²) in [6, 6.07) is 2.32. The van der Waals surface area contributed by atoms with Crippen molar-refractivity contribution in [3.05, 3.63) is 34.2 Å². The zero-order valence-corrected chi connectivity index (χ0v) is 14.6. The third kappa shape index (κ3) is 2.76. The molecule has 3 rings (SSSR count). The van der Waals surface area contributed by atoms with Crippen LogP contribution in [0.1, 0.15) is 23.2 Å². The molecule has 0 aliphatic carbocycles. The van der Waals surface area contributed by atoms with Crippen molar-refractivity contribution in [1.82, 2.24) is 19.5 Å². The molecule has 8 nitrogen and oxygen atoms in total. The lowest BCUT2D eigenvalue weighted by Crippen LogP contribution is -2.60. The van der Waals surface area contributed by atoms with Crippen molar-refractivity contribution in [1.29, 1.82) is 0 Å². The van der Waals surface area contributed by atoms with E-state index in [9.17, 15) is 18.0 Å². The van der Waals surface area contributed by atoms with Crippen molar-refractivity contribution < 1.29 is 13.2 Å². The van der Waals surface area contributed by atoms with E-state index in [1.165, 1.54) is 21.1 Å². The molecule has 1 aromatic heterocycles. The number of nitrogens with zero attached hydrogens (tertiary/aromatic N) is 2. The monoisotopic (exact) mass is 354 g/mol. The second-order valence-corrected chi connectivity index (χ2v) is 8.54. The van der Waals surface area contributed by atoms with Gasteiger partial charge in [0.1, 0.15) is 0 Å². The minimum atomic E-state index is -3.40. The van der Waals surface area contributed by atoms with Gasteiger partial charge in [-0.1, -0.05) is 0 Å². The van der Waals surface area contributed by atoms with E-state index in [2.05, 4.69) is 10.6 Å². The number of piperidine rings is 1. The van der Waals surface area contributed by atoms with Crippen LogP contribution in [-0.4, -0.2) is 60.7 Å². The lowest BCUT2D eigenvalue weighted by atomic mass is 9.82. The van der Waals surface area contributed by atoms with Crippen LogP contribution in [0.5, 0.6) is 0 Å². The summed E-state index contributed by atoms with van der Waals surface area (Å²) in [6.45, 7) is 1.41. The van der Waals surface area contributed by atoms with Crippen molar-refractivity contribution in [2.75, 3.05) is 25.9 Å². The number of pyridine rings is 1. The van der Waals surface area contributed by atoms with E-state index in [1.54, 1.807) is 20.2 Å². The molecule has 24 heavy (non-hydrogen) atoms. The Morgan fingerprint density at radius 3 is 2.62 bits per heavy atom. The maximum atomic E-state index is 12.5. The number of likely N-dealkylation sites (N-methyl/N-ethyl adjacent to an activating group) is 1. The van der Waals surface area contributed by atoms with Crippen molar-refractivity contribution in [2.24, 2.45) is 7.05 Å². The Balaban J connectivity index is 1.88. The van der Waals surface area contributed by atoms with Gasteiger partial charge in [-0.15, -0.1) is 0 Å². The highest BCUT2D eigenvalue weighted by Crippen LogP contribution is 2.37. The van der Waals surface area contributed by atoms with Crippen molar-refractivity contribution in [3.8, 4) is 0 Å². The Kier molecular flexibility index (Phi) is 4.27. The van der Waals surface area contributed by atoms with Gasteiger partial charge in [0.25, 0.3) is 11.5 Å². The highest BCUT2D eigenvalue weighted by molar-refractivity contribution is 7.89. The van der Waals surface area contributed by atoms with Gasteiger partial charge in [-0.2, -0.15) is 4.31 Å². The number of aromatic nitrogens is 1. The molecule has 2 saturated heterocycles. The molecule has 1 spiro atoms. The fraction of sp³-hybridized carbons (Fsp3) is 0.600. The number of hydrogen-bond donors (Lipinski definition) is 2. The molecule has 1 amide bonds. The summed E-state index contributed by atoms with van der Waals surface area (Å²) in [6.07, 6.45) is 2.81. The Morgan fingerprint density at radius 2 is 2.00 bits per heavy atom. The molecule has 2 N–H and O–H groups in total. The van der Waals surface area contributed by atoms with Crippen LogP contribution in [0.25, 0.3) is 0 Å². The molecular weight excluding hydrogens is 332 g/mol. The lowest BCUT2D eigenvalue weighted by Gasteiger charge is -2.42. The van der Waals surface area contributed by atoms with Crippen molar-refractivity contribution in [2.45, 2.75) is 24.4 Å². The Bertz CT molecular complexity index is 811. The second-order valence-electron chi connectivity index (χ2n) is 6.49. The van der Waals surface area contributed by atoms with Gasteiger partial charge in [0.2, 0.25) is 10.0 Å². The average Bonchev–Trinajstić information content (AvgIpc) is 2.72. The molecule has 0 radical (unpaired) electrons. The highest BCUT2D eigenvalue weighted by atomic mass is 32.2. The second kappa shape index (κ2) is 5.98. The largest absolute Gasteiger partial charge is 0.346 e. The number of rotatable bonds is 2. The van der Waals surface area contributed by atoms with Crippen LogP contribution in [-0.2, 0) is 17.1 Å². The SMILES string of the molecule is CN1C2(CCNCC2)C(NC(=O)c2ccn(C)c(=O)c2)CS1(=O)=O. The Morgan fingerprint density at radius 1 is 1.33 bits per heavy atom. The summed E-state index contributed by atoms with van der Waals surface area (Å²) in [5, 5.41) is 6.08. The molecule has 9 heteroatoms. The van der Waals surface area contributed by atoms with Crippen LogP contribution in [0.3, 0.4) is 0 Å². The molecule has 1 atom stereocenters. The first-order valence-corrected chi connectivity index (χ1v) is 9.52. The third-order valence-electron chi connectivity index (χ3n) is 5.21. The molecular formula is C15H22N4O4S. The van der Waals surface area contributed by atoms with Crippen LogP contribution in [0.15, 0.2) is 23.1 Å². The number of carbonyl (C=O) groups is 1. The number of aryl methyl sites for hydroxylation is 1. The maximum absolute atomic E-state index is 12.5. The summed E-state index contributed by atoms with van der Waals surface area (Å²) >= 11 is 0. The van der Waals surface area contributed by atoms with Gasteiger partial charge >= 0.3 is 0 Å². The number of hydrogen-bond acceptors (Lipinski definition) is 5. The minimum Gasteiger partial charge on any atom is -0.346 e. The van der Waals surface area contributed by atoms with Crippen molar-refractivity contribution in [3.63, 3.8) is 0 Å². The van der Waals surface area contributed by atoms with Crippen LogP contribution < -0.4 is 16.2 Å². The average molecular weight is 354 g/mol. The molecule has 2 fully saturated rings. The molecule has 0 aromatic carbocycles. The van der Waals surface area contributed by atoms with E-state index in [1.807, 2.05) is 0 Å². The maximum Gasteiger partial charge on any atom is 0.251 e. The smallest absolute Gasteiger partial charge is 0.251 e. The van der Waals surface area contributed by atoms with Gasteiger partial charge in [-0.3, -0.25) is 9.59 Å². The van der Waals surface area contributed by atoms with Gasteiger partial charge in [0.15, 0.2) is 0 Å². The van der Waals surface area contributed by atoms with Crippen LogP contribution in [0.2, 0.25) is 0 Å². The zero-order valence-electron chi connectivity index (χ0n) is 13.8. The quantitative estimate of drug-likeness (QED) is 0.701. The highest BCUT2D eigenvalue weighted by Gasteiger charge is 2.55. The predicted molar refractivity (Wildman–Crippen MR) is 89.3 cm³/mol. The standard InChI is InChI=1S/C15H22N4O4S/c1-18-8-3-11(9-13(18)20)14(21)17-12-10-24(22,23)19(2)15(12)4-6-16-7-5-15/h3,8-9,12,16H,4-7,10H2,1-2H3,(H,17,21). The molecule has 0 saturated carbocycles. The zero-order chi connectivity index (χ0) is 17.5. The summed E-state index contributed by atoms with van der Waals surface area (Å²) in [5.41, 5.74) is -0.635. The Labute approximate surface area is 140 Å². The summed E-state index contributed by atoms with van der Waals surface area (Å²) in [4.78, 5) is 24.2. The number of nitrogens with one attached hydrogen (secondary N) is 2. The van der Waals surface area contributed by atoms with E-state index in [0.717, 1.165) is 0 Å². The van der Waals surface area contributed by atoms with Gasteiger partial charge in [-0.05, 0) is 32.0 Å². The normalized spacial score (nSPS) is 25.7. The molecule has 2 aliphatic heterocycles. The topological polar surface area (TPSA) is 101 Å². The summed E-state index contributed by atoms with van der Waals surface area (Å²) in [5.74, 6) is -0.527. The summed E-state index contributed by atoms with van der Waals surface area (Å²) in [7, 11) is -0.208. The van der Waals surface area contributed by atoms with E-state index in [0.29, 0.717) is 25.9 Å². The number of sulfonamides is 1. The van der Waals surface area contributed by atoms with Crippen LogP contribution in [0.4, 0.5) is 0 Å². The number of carbonyl (C=O) groups excluding carboxylic acids is 1. The van der Waals surface area contributed by atoms with Gasteiger partial charge < -0.3 is 15.2 Å². The van der Waals surface area contributed by atoms with Gasteiger partial charge in [0, 0.05) is 31.9 Å². The third-order valence-corrected chi connectivity index (χ3v) is 7.16. The van der Waals surface area contributed by atoms with E-state index in [4.69, 9.17) is 0 Å². The van der Waals surface area contributed by atoms with E-state index >= 15 is 0 Å². The first-order valence-electron chi connectivity index (χ1n) is 7.91. The molecule has 1 unspecified atom stereocenters. The lowest BCUT2D eigenvalue weighted by molar-refractivity contribution is 0.0855. The van der Waals surface area contributed by atoms with Gasteiger partial charge in [-0.25, -0.2) is 8.42 Å². The van der Waals surface area contributed by atoms with Crippen LogP contribution in [0, 0.1) is 0 Å².